The minimum absolute atomic E-state index is 0.0120. The Kier molecular flexibility index (Phi) is 4.55. The number of amides is 1. The molecule has 2 aromatic carbocycles. The van der Waals surface area contributed by atoms with Crippen molar-refractivity contribution in [3.8, 4) is 5.75 Å². The molecule has 6 nitrogen and oxygen atoms in total. The van der Waals surface area contributed by atoms with Crippen molar-refractivity contribution in [1.29, 1.82) is 0 Å². The SMILES string of the molecule is COc1ccc([C@@H]2c3c(oc4ccc(F)cc4c3=O)C(=O)N2C[C@@H]2CCCO2)cc1. The van der Waals surface area contributed by atoms with Gasteiger partial charge in [-0.3, -0.25) is 9.59 Å². The van der Waals surface area contributed by atoms with Crippen LogP contribution >= 0.6 is 0 Å². The molecule has 0 radical (unpaired) electrons. The summed E-state index contributed by atoms with van der Waals surface area (Å²) in [6.07, 6.45) is 1.70. The maximum atomic E-state index is 13.8. The summed E-state index contributed by atoms with van der Waals surface area (Å²) < 4.78 is 30.6. The zero-order valence-corrected chi connectivity index (χ0v) is 16.4. The van der Waals surface area contributed by atoms with Gasteiger partial charge in [-0.15, -0.1) is 0 Å². The van der Waals surface area contributed by atoms with Crippen LogP contribution in [-0.2, 0) is 4.74 Å². The number of nitrogens with zero attached hydrogens (tertiary/aromatic N) is 1. The number of carbonyl (C=O) groups excluding carboxylic acids is 1. The number of benzene rings is 2. The van der Waals surface area contributed by atoms with Crippen molar-refractivity contribution in [2.75, 3.05) is 20.3 Å². The molecule has 3 heterocycles. The van der Waals surface area contributed by atoms with Crippen LogP contribution in [0.25, 0.3) is 11.0 Å². The summed E-state index contributed by atoms with van der Waals surface area (Å²) in [6.45, 7) is 1.01. The van der Waals surface area contributed by atoms with Gasteiger partial charge in [-0.05, 0) is 48.7 Å². The fourth-order valence-corrected chi connectivity index (χ4v) is 4.32. The average molecular weight is 409 g/mol. The lowest BCUT2D eigenvalue weighted by Gasteiger charge is -2.27. The van der Waals surface area contributed by atoms with Crippen molar-refractivity contribution in [2.45, 2.75) is 25.0 Å². The summed E-state index contributed by atoms with van der Waals surface area (Å²) in [5, 5.41) is 0.124. The Bertz CT molecular complexity index is 1180. The Morgan fingerprint density at radius 3 is 2.67 bits per heavy atom. The third-order valence-electron chi connectivity index (χ3n) is 5.78. The topological polar surface area (TPSA) is 69.0 Å². The zero-order chi connectivity index (χ0) is 20.8. The molecule has 1 aromatic heterocycles. The van der Waals surface area contributed by atoms with Crippen molar-refractivity contribution in [1.82, 2.24) is 4.90 Å². The number of hydrogen-bond acceptors (Lipinski definition) is 5. The third-order valence-corrected chi connectivity index (χ3v) is 5.78. The molecule has 2 atom stereocenters. The third kappa shape index (κ3) is 2.97. The molecule has 0 N–H and O–H groups in total. The first-order valence-electron chi connectivity index (χ1n) is 9.89. The highest BCUT2D eigenvalue weighted by Crippen LogP contribution is 2.39. The predicted octanol–water partition coefficient (Wildman–Crippen LogP) is 3.66. The van der Waals surface area contributed by atoms with Crippen LogP contribution in [-0.4, -0.2) is 37.2 Å². The Morgan fingerprint density at radius 2 is 1.97 bits per heavy atom. The van der Waals surface area contributed by atoms with Crippen LogP contribution in [0.5, 0.6) is 5.75 Å². The van der Waals surface area contributed by atoms with Gasteiger partial charge >= 0.3 is 0 Å². The average Bonchev–Trinajstić information content (AvgIpc) is 3.37. The molecule has 0 unspecified atom stereocenters. The quantitative estimate of drug-likeness (QED) is 0.658. The van der Waals surface area contributed by atoms with Crippen LogP contribution in [0.3, 0.4) is 0 Å². The van der Waals surface area contributed by atoms with E-state index in [1.165, 1.54) is 12.1 Å². The summed E-state index contributed by atoms with van der Waals surface area (Å²) >= 11 is 0. The van der Waals surface area contributed by atoms with E-state index < -0.39 is 17.3 Å². The van der Waals surface area contributed by atoms with E-state index in [2.05, 4.69) is 0 Å². The lowest BCUT2D eigenvalue weighted by Crippen LogP contribution is -2.36. The molecule has 1 fully saturated rings. The van der Waals surface area contributed by atoms with Gasteiger partial charge in [0, 0.05) is 13.2 Å². The lowest BCUT2D eigenvalue weighted by molar-refractivity contribution is 0.0486. The maximum Gasteiger partial charge on any atom is 0.291 e. The molecule has 5 rings (SSSR count). The number of methoxy groups -OCH3 is 1. The summed E-state index contributed by atoms with van der Waals surface area (Å²) in [4.78, 5) is 28.3. The van der Waals surface area contributed by atoms with Crippen molar-refractivity contribution >= 4 is 16.9 Å². The van der Waals surface area contributed by atoms with Crippen LogP contribution in [0.15, 0.2) is 51.7 Å². The van der Waals surface area contributed by atoms with Gasteiger partial charge < -0.3 is 18.8 Å². The van der Waals surface area contributed by atoms with Gasteiger partial charge in [0.1, 0.15) is 17.1 Å². The monoisotopic (exact) mass is 409 g/mol. The highest BCUT2D eigenvalue weighted by atomic mass is 19.1. The zero-order valence-electron chi connectivity index (χ0n) is 16.4. The van der Waals surface area contributed by atoms with Crippen LogP contribution < -0.4 is 10.2 Å². The van der Waals surface area contributed by atoms with Crippen LogP contribution in [0.4, 0.5) is 4.39 Å². The number of hydrogen-bond donors (Lipinski definition) is 0. The first-order valence-corrected chi connectivity index (χ1v) is 9.89. The molecule has 0 aliphatic carbocycles. The lowest BCUT2D eigenvalue weighted by atomic mass is 9.98. The van der Waals surface area contributed by atoms with Gasteiger partial charge in [-0.25, -0.2) is 4.39 Å². The van der Waals surface area contributed by atoms with Gasteiger partial charge in [-0.1, -0.05) is 12.1 Å². The second-order valence-corrected chi connectivity index (χ2v) is 7.58. The standard InChI is InChI=1S/C23H20FNO5/c1-28-15-7-4-13(5-8-15)20-19-21(26)17-11-14(24)6-9-18(17)30-22(19)23(27)25(20)12-16-3-2-10-29-16/h4-9,11,16,20H,2-3,10,12H2,1H3/t16-,20+/m0/s1. The van der Waals surface area contributed by atoms with E-state index >= 15 is 0 Å². The second kappa shape index (κ2) is 7.25. The molecule has 154 valence electrons. The first kappa shape index (κ1) is 18.8. The molecule has 2 aliphatic heterocycles. The molecule has 1 saturated heterocycles. The van der Waals surface area contributed by atoms with Gasteiger partial charge in [0.05, 0.1) is 30.2 Å². The summed E-state index contributed by atoms with van der Waals surface area (Å²) in [6, 6.07) is 10.3. The van der Waals surface area contributed by atoms with E-state index in [0.29, 0.717) is 18.9 Å². The Balaban J connectivity index is 1.69. The summed E-state index contributed by atoms with van der Waals surface area (Å²) in [7, 11) is 1.57. The van der Waals surface area contributed by atoms with Gasteiger partial charge in [0.2, 0.25) is 5.76 Å². The molecule has 0 spiro atoms. The molecule has 2 aliphatic rings. The Morgan fingerprint density at radius 1 is 1.17 bits per heavy atom. The highest BCUT2D eigenvalue weighted by Gasteiger charge is 2.43. The fourth-order valence-electron chi connectivity index (χ4n) is 4.32. The van der Waals surface area contributed by atoms with E-state index in [-0.39, 0.29) is 34.3 Å². The van der Waals surface area contributed by atoms with E-state index in [1.807, 2.05) is 12.1 Å². The van der Waals surface area contributed by atoms with Crippen molar-refractivity contribution in [2.24, 2.45) is 0 Å². The van der Waals surface area contributed by atoms with E-state index in [0.717, 1.165) is 24.5 Å². The number of fused-ring (bicyclic) bond motifs is 2. The largest absolute Gasteiger partial charge is 0.497 e. The van der Waals surface area contributed by atoms with Gasteiger partial charge in [0.25, 0.3) is 5.91 Å². The van der Waals surface area contributed by atoms with E-state index in [9.17, 15) is 14.0 Å². The molecular weight excluding hydrogens is 389 g/mol. The predicted molar refractivity (Wildman–Crippen MR) is 107 cm³/mol. The van der Waals surface area contributed by atoms with Crippen molar-refractivity contribution in [3.63, 3.8) is 0 Å². The van der Waals surface area contributed by atoms with E-state index in [1.54, 1.807) is 24.1 Å². The molecule has 7 heteroatoms. The number of ether oxygens (including phenoxy) is 2. The molecule has 30 heavy (non-hydrogen) atoms. The Hall–Kier alpha value is -3.19. The van der Waals surface area contributed by atoms with Crippen molar-refractivity contribution < 1.29 is 23.1 Å². The number of carbonyl (C=O) groups is 1. The molecule has 0 bridgehead atoms. The van der Waals surface area contributed by atoms with Gasteiger partial charge in [-0.2, -0.15) is 0 Å². The van der Waals surface area contributed by atoms with Crippen molar-refractivity contribution in [3.05, 3.63) is 75.4 Å². The smallest absolute Gasteiger partial charge is 0.291 e. The van der Waals surface area contributed by atoms with Crippen LogP contribution in [0.2, 0.25) is 0 Å². The normalized spacial score (nSPS) is 20.7. The molecule has 3 aromatic rings. The van der Waals surface area contributed by atoms with E-state index in [4.69, 9.17) is 13.9 Å². The number of rotatable bonds is 4. The highest BCUT2D eigenvalue weighted by molar-refractivity contribution is 5.99. The van der Waals surface area contributed by atoms with Crippen LogP contribution in [0, 0.1) is 5.82 Å². The second-order valence-electron chi connectivity index (χ2n) is 7.58. The van der Waals surface area contributed by atoms with Gasteiger partial charge in [0.15, 0.2) is 5.43 Å². The maximum absolute atomic E-state index is 13.8. The minimum atomic E-state index is -0.633. The summed E-state index contributed by atoms with van der Waals surface area (Å²) in [5.41, 5.74) is 0.793. The molecule has 1 amide bonds. The van der Waals surface area contributed by atoms with Crippen LogP contribution in [0.1, 0.15) is 40.6 Å². The molecular formula is C23H20FNO5. The first-order chi connectivity index (χ1) is 14.6. The minimum Gasteiger partial charge on any atom is -0.497 e. The summed E-state index contributed by atoms with van der Waals surface area (Å²) in [5.74, 6) is -0.208. The number of halogens is 1. The molecule has 0 saturated carbocycles. The Labute approximate surface area is 171 Å². The fraction of sp³-hybridized carbons (Fsp3) is 0.304.